The number of hydrogen-bond acceptors (Lipinski definition) is 7. The maximum atomic E-state index is 6.11. The largest absolute Gasteiger partial charge is 0.493 e. The molecule has 1 aliphatic heterocycles. The molecule has 3 rings (SSSR count). The third-order valence-electron chi connectivity index (χ3n) is 4.73. The SMILES string of the molecule is CNc1ccnc(Nc2ccc(OC)c(OC[C@@H]3CN(C)C[C@H]3C)c2)n1. The summed E-state index contributed by atoms with van der Waals surface area (Å²) in [6, 6.07) is 7.56. The van der Waals surface area contributed by atoms with Gasteiger partial charge in [-0.15, -0.1) is 0 Å². The second-order valence-electron chi connectivity index (χ2n) is 6.78. The van der Waals surface area contributed by atoms with Gasteiger partial charge in [0.1, 0.15) is 5.82 Å². The third-order valence-corrected chi connectivity index (χ3v) is 4.73. The zero-order valence-corrected chi connectivity index (χ0v) is 15.8. The number of anilines is 3. The van der Waals surface area contributed by atoms with Crippen LogP contribution in [0.3, 0.4) is 0 Å². The highest BCUT2D eigenvalue weighted by Crippen LogP contribution is 2.32. The standard InChI is InChI=1S/C19H27N5O2/c1-13-10-24(3)11-14(13)12-26-17-9-15(5-6-16(17)25-4)22-19-21-8-7-18(20-2)23-19/h5-9,13-14H,10-12H2,1-4H3,(H2,20,21,22,23)/t13-,14+/m1/s1. The molecule has 26 heavy (non-hydrogen) atoms. The minimum Gasteiger partial charge on any atom is -0.493 e. The van der Waals surface area contributed by atoms with Gasteiger partial charge >= 0.3 is 0 Å². The summed E-state index contributed by atoms with van der Waals surface area (Å²) < 4.78 is 11.6. The molecule has 7 nitrogen and oxygen atoms in total. The van der Waals surface area contributed by atoms with Gasteiger partial charge in [-0.3, -0.25) is 0 Å². The molecule has 1 aliphatic rings. The number of likely N-dealkylation sites (tertiary alicyclic amines) is 1. The van der Waals surface area contributed by atoms with E-state index in [0.717, 1.165) is 36.1 Å². The smallest absolute Gasteiger partial charge is 0.229 e. The molecule has 140 valence electrons. The summed E-state index contributed by atoms with van der Waals surface area (Å²) in [6.45, 7) is 5.13. The molecule has 2 heterocycles. The zero-order chi connectivity index (χ0) is 18.5. The fraction of sp³-hybridized carbons (Fsp3) is 0.474. The average molecular weight is 357 g/mol. The Balaban J connectivity index is 1.71. The average Bonchev–Trinajstić information content (AvgIpc) is 2.97. The Morgan fingerprint density at radius 3 is 2.77 bits per heavy atom. The van der Waals surface area contributed by atoms with Gasteiger partial charge in [0.15, 0.2) is 11.5 Å². The summed E-state index contributed by atoms with van der Waals surface area (Å²) in [4.78, 5) is 11.0. The van der Waals surface area contributed by atoms with Crippen LogP contribution in [0.4, 0.5) is 17.5 Å². The molecule has 0 radical (unpaired) electrons. The Hall–Kier alpha value is -2.54. The molecule has 2 N–H and O–H groups in total. The molecule has 0 amide bonds. The van der Waals surface area contributed by atoms with Crippen LogP contribution in [-0.2, 0) is 0 Å². The van der Waals surface area contributed by atoms with E-state index in [1.807, 2.05) is 31.3 Å². The van der Waals surface area contributed by atoms with Crippen LogP contribution in [-0.4, -0.2) is 55.8 Å². The van der Waals surface area contributed by atoms with E-state index in [4.69, 9.17) is 9.47 Å². The summed E-state index contributed by atoms with van der Waals surface area (Å²) in [5, 5.41) is 6.21. The summed E-state index contributed by atoms with van der Waals surface area (Å²) in [7, 11) is 5.63. The molecular formula is C19H27N5O2. The number of aromatic nitrogens is 2. The van der Waals surface area contributed by atoms with Crippen molar-refractivity contribution in [1.29, 1.82) is 0 Å². The molecule has 1 saturated heterocycles. The molecule has 1 aromatic carbocycles. The number of nitrogens with one attached hydrogen (secondary N) is 2. The van der Waals surface area contributed by atoms with E-state index in [1.165, 1.54) is 0 Å². The van der Waals surface area contributed by atoms with Crippen LogP contribution < -0.4 is 20.1 Å². The Kier molecular flexibility index (Phi) is 5.78. The first-order valence-corrected chi connectivity index (χ1v) is 8.86. The van der Waals surface area contributed by atoms with Gasteiger partial charge in [0.05, 0.1) is 13.7 Å². The Morgan fingerprint density at radius 2 is 2.08 bits per heavy atom. The van der Waals surface area contributed by atoms with Crippen molar-refractivity contribution in [3.05, 3.63) is 30.5 Å². The zero-order valence-electron chi connectivity index (χ0n) is 15.8. The minimum atomic E-state index is 0.525. The maximum Gasteiger partial charge on any atom is 0.229 e. The number of ether oxygens (including phenoxy) is 2. The lowest BCUT2D eigenvalue weighted by atomic mass is 9.99. The van der Waals surface area contributed by atoms with Gasteiger partial charge in [-0.25, -0.2) is 4.98 Å². The van der Waals surface area contributed by atoms with Crippen LogP contribution in [0.15, 0.2) is 30.5 Å². The van der Waals surface area contributed by atoms with Crippen LogP contribution in [0, 0.1) is 11.8 Å². The molecule has 1 aromatic heterocycles. The van der Waals surface area contributed by atoms with Crippen molar-refractivity contribution in [3.8, 4) is 11.5 Å². The fourth-order valence-electron chi connectivity index (χ4n) is 3.26. The van der Waals surface area contributed by atoms with Crippen molar-refractivity contribution in [2.45, 2.75) is 6.92 Å². The molecular weight excluding hydrogens is 330 g/mol. The van der Waals surface area contributed by atoms with Gasteiger partial charge < -0.3 is 25.0 Å². The molecule has 2 aromatic rings. The van der Waals surface area contributed by atoms with Gasteiger partial charge in [-0.2, -0.15) is 4.98 Å². The van der Waals surface area contributed by atoms with Crippen molar-refractivity contribution in [3.63, 3.8) is 0 Å². The van der Waals surface area contributed by atoms with E-state index < -0.39 is 0 Å². The molecule has 1 fully saturated rings. The highest BCUT2D eigenvalue weighted by Gasteiger charge is 2.28. The van der Waals surface area contributed by atoms with Gasteiger partial charge in [0, 0.05) is 44.0 Å². The second kappa shape index (κ2) is 8.23. The van der Waals surface area contributed by atoms with E-state index in [0.29, 0.717) is 24.4 Å². The van der Waals surface area contributed by atoms with Crippen molar-refractivity contribution in [1.82, 2.24) is 14.9 Å². The Bertz CT molecular complexity index is 740. The van der Waals surface area contributed by atoms with Gasteiger partial charge in [0.2, 0.25) is 5.95 Å². The lowest BCUT2D eigenvalue weighted by molar-refractivity contribution is 0.220. The monoisotopic (exact) mass is 357 g/mol. The van der Waals surface area contributed by atoms with Crippen LogP contribution in [0.2, 0.25) is 0 Å². The highest BCUT2D eigenvalue weighted by molar-refractivity contribution is 5.60. The second-order valence-corrected chi connectivity index (χ2v) is 6.78. The lowest BCUT2D eigenvalue weighted by Crippen LogP contribution is -2.19. The number of nitrogens with zero attached hydrogens (tertiary/aromatic N) is 3. The van der Waals surface area contributed by atoms with Crippen molar-refractivity contribution >= 4 is 17.5 Å². The third kappa shape index (κ3) is 4.35. The molecule has 2 atom stereocenters. The quantitative estimate of drug-likeness (QED) is 0.789. The molecule has 0 aliphatic carbocycles. The van der Waals surface area contributed by atoms with Crippen LogP contribution in [0.5, 0.6) is 11.5 Å². The van der Waals surface area contributed by atoms with Crippen LogP contribution in [0.25, 0.3) is 0 Å². The highest BCUT2D eigenvalue weighted by atomic mass is 16.5. The van der Waals surface area contributed by atoms with E-state index >= 15 is 0 Å². The van der Waals surface area contributed by atoms with E-state index in [-0.39, 0.29) is 0 Å². The summed E-state index contributed by atoms with van der Waals surface area (Å²) >= 11 is 0. The fourth-order valence-corrected chi connectivity index (χ4v) is 3.26. The predicted molar refractivity (Wildman–Crippen MR) is 104 cm³/mol. The summed E-state index contributed by atoms with van der Waals surface area (Å²) in [6.07, 6.45) is 1.71. The molecule has 7 heteroatoms. The molecule has 0 spiro atoms. The molecule has 0 bridgehead atoms. The van der Waals surface area contributed by atoms with Gasteiger partial charge in [-0.05, 0) is 31.2 Å². The topological polar surface area (TPSA) is 71.5 Å². The van der Waals surface area contributed by atoms with E-state index in [2.05, 4.69) is 39.5 Å². The van der Waals surface area contributed by atoms with Crippen LogP contribution in [0.1, 0.15) is 6.92 Å². The summed E-state index contributed by atoms with van der Waals surface area (Å²) in [5.74, 6) is 3.89. The number of benzene rings is 1. The first-order valence-electron chi connectivity index (χ1n) is 8.86. The number of methoxy groups -OCH3 is 1. The summed E-state index contributed by atoms with van der Waals surface area (Å²) in [5.41, 5.74) is 0.852. The van der Waals surface area contributed by atoms with Crippen molar-refractivity contribution < 1.29 is 9.47 Å². The lowest BCUT2D eigenvalue weighted by Gasteiger charge is -2.18. The predicted octanol–water partition coefficient (Wildman–Crippen LogP) is 2.85. The number of rotatable bonds is 7. The molecule has 0 unspecified atom stereocenters. The number of hydrogen-bond donors (Lipinski definition) is 2. The molecule has 0 saturated carbocycles. The first kappa shape index (κ1) is 18.3. The Labute approximate surface area is 154 Å². The van der Waals surface area contributed by atoms with E-state index in [1.54, 1.807) is 13.3 Å². The van der Waals surface area contributed by atoms with Crippen molar-refractivity contribution in [2.75, 3.05) is 51.5 Å². The normalized spacial score (nSPS) is 20.0. The first-order chi connectivity index (χ1) is 12.6. The van der Waals surface area contributed by atoms with Crippen molar-refractivity contribution in [2.24, 2.45) is 11.8 Å². The van der Waals surface area contributed by atoms with E-state index in [9.17, 15) is 0 Å². The van der Waals surface area contributed by atoms with Crippen LogP contribution >= 0.6 is 0 Å². The van der Waals surface area contributed by atoms with Gasteiger partial charge in [0.25, 0.3) is 0 Å². The maximum absolute atomic E-state index is 6.11. The Morgan fingerprint density at radius 1 is 1.23 bits per heavy atom. The van der Waals surface area contributed by atoms with Gasteiger partial charge in [-0.1, -0.05) is 6.92 Å². The minimum absolute atomic E-state index is 0.525.